The van der Waals surface area contributed by atoms with Gasteiger partial charge in [0.05, 0.1) is 10.6 Å². The molecule has 1 aliphatic heterocycles. The number of amides is 1. The minimum atomic E-state index is -3.74. The van der Waals surface area contributed by atoms with Gasteiger partial charge in [-0.05, 0) is 42.8 Å². The van der Waals surface area contributed by atoms with E-state index in [0.29, 0.717) is 37.4 Å². The lowest BCUT2D eigenvalue weighted by molar-refractivity contribution is 0.101. The summed E-state index contributed by atoms with van der Waals surface area (Å²) in [6, 6.07) is 22.8. The normalized spacial score (nSPS) is 15.1. The van der Waals surface area contributed by atoms with Crippen molar-refractivity contribution in [2.75, 3.05) is 31.5 Å². The zero-order valence-electron chi connectivity index (χ0n) is 19.0. The van der Waals surface area contributed by atoms with Gasteiger partial charge >= 0.3 is 0 Å². The second-order valence-corrected chi connectivity index (χ2v) is 10.2. The maximum absolute atomic E-state index is 13.3. The van der Waals surface area contributed by atoms with Crippen LogP contribution in [0.25, 0.3) is 0 Å². The molecule has 0 saturated carbocycles. The van der Waals surface area contributed by atoms with Gasteiger partial charge in [0.25, 0.3) is 5.91 Å². The maximum atomic E-state index is 13.3. The number of rotatable bonds is 7. The molecule has 0 spiro atoms. The van der Waals surface area contributed by atoms with Crippen LogP contribution in [0.2, 0.25) is 0 Å². The number of hydrogen-bond acceptors (Lipinski definition) is 5. The van der Waals surface area contributed by atoms with E-state index >= 15 is 0 Å². The zero-order valence-corrected chi connectivity index (χ0v) is 19.8. The van der Waals surface area contributed by atoms with Crippen molar-refractivity contribution in [2.45, 2.75) is 18.4 Å². The molecule has 1 saturated heterocycles. The van der Waals surface area contributed by atoms with Gasteiger partial charge in [0.1, 0.15) is 0 Å². The Morgan fingerprint density at radius 1 is 0.853 bits per heavy atom. The number of sulfonamides is 1. The Bertz CT molecular complexity index is 1280. The van der Waals surface area contributed by atoms with Crippen LogP contribution in [0.15, 0.2) is 83.8 Å². The average Bonchev–Trinajstić information content (AvgIpc) is 2.85. The van der Waals surface area contributed by atoms with Crippen LogP contribution in [0.3, 0.4) is 0 Å². The number of anilines is 1. The number of para-hydroxylation sites is 1. The lowest BCUT2D eigenvalue weighted by Gasteiger charge is -2.34. The summed E-state index contributed by atoms with van der Waals surface area (Å²) in [6.45, 7) is 4.26. The van der Waals surface area contributed by atoms with Gasteiger partial charge in [-0.25, -0.2) is 8.42 Å². The van der Waals surface area contributed by atoms with Crippen LogP contribution in [-0.4, -0.2) is 55.5 Å². The number of benzene rings is 3. The van der Waals surface area contributed by atoms with Gasteiger partial charge in [-0.3, -0.25) is 14.5 Å². The summed E-state index contributed by atoms with van der Waals surface area (Å²) < 4.78 is 28.0. The number of nitrogens with zero attached hydrogens (tertiary/aromatic N) is 2. The van der Waals surface area contributed by atoms with Crippen molar-refractivity contribution in [3.63, 3.8) is 0 Å². The van der Waals surface area contributed by atoms with Crippen molar-refractivity contribution in [1.29, 1.82) is 0 Å². The second-order valence-electron chi connectivity index (χ2n) is 8.25. The summed E-state index contributed by atoms with van der Waals surface area (Å²) in [7, 11) is -3.74. The van der Waals surface area contributed by atoms with Crippen LogP contribution in [0.4, 0.5) is 5.69 Å². The Hall–Kier alpha value is -3.33. The van der Waals surface area contributed by atoms with Crippen LogP contribution >= 0.6 is 0 Å². The highest BCUT2D eigenvalue weighted by Crippen LogP contribution is 2.21. The van der Waals surface area contributed by atoms with Crippen molar-refractivity contribution < 1.29 is 18.0 Å². The first kappa shape index (κ1) is 23.8. The number of hydrogen-bond donors (Lipinski definition) is 1. The molecule has 0 bridgehead atoms. The largest absolute Gasteiger partial charge is 0.321 e. The summed E-state index contributed by atoms with van der Waals surface area (Å²) >= 11 is 0. The van der Waals surface area contributed by atoms with Gasteiger partial charge in [0, 0.05) is 43.9 Å². The molecule has 8 heteroatoms. The summed E-state index contributed by atoms with van der Waals surface area (Å²) in [4.78, 5) is 27.0. The molecule has 0 radical (unpaired) electrons. The fourth-order valence-corrected chi connectivity index (χ4v) is 5.48. The van der Waals surface area contributed by atoms with E-state index in [2.05, 4.69) is 22.3 Å². The lowest BCUT2D eigenvalue weighted by atomic mass is 10.1. The van der Waals surface area contributed by atoms with Crippen LogP contribution in [0.1, 0.15) is 33.2 Å². The van der Waals surface area contributed by atoms with Crippen LogP contribution in [-0.2, 0) is 16.6 Å². The summed E-state index contributed by atoms with van der Waals surface area (Å²) in [5, 5.41) is 2.72. The molecule has 1 aliphatic rings. The molecule has 0 aromatic heterocycles. The molecule has 0 atom stereocenters. The Labute approximate surface area is 200 Å². The van der Waals surface area contributed by atoms with Crippen molar-refractivity contribution in [3.8, 4) is 0 Å². The predicted octanol–water partition coefficient (Wildman–Crippen LogP) is 3.65. The molecular formula is C26H27N3O4S. The van der Waals surface area contributed by atoms with Gasteiger partial charge in [-0.15, -0.1) is 0 Å². The highest BCUT2D eigenvalue weighted by atomic mass is 32.2. The number of piperazine rings is 1. The number of carbonyl (C=O) groups excluding carboxylic acids is 2. The molecule has 176 valence electrons. The van der Waals surface area contributed by atoms with Gasteiger partial charge < -0.3 is 5.32 Å². The molecule has 1 N–H and O–H groups in total. The highest BCUT2D eigenvalue weighted by Gasteiger charge is 2.29. The third-order valence-electron chi connectivity index (χ3n) is 5.87. The standard InChI is InChI=1S/C26H27N3O4S/c1-20(30)24-12-5-6-13-25(24)27-26(31)22-10-7-11-23(18-22)34(32,33)29-16-14-28(15-17-29)19-21-8-3-2-4-9-21/h2-13,18H,14-17,19H2,1H3,(H,27,31). The molecule has 1 amide bonds. The first-order valence-electron chi connectivity index (χ1n) is 11.1. The highest BCUT2D eigenvalue weighted by molar-refractivity contribution is 7.89. The van der Waals surface area contributed by atoms with E-state index in [0.717, 1.165) is 6.54 Å². The van der Waals surface area contributed by atoms with Crippen LogP contribution < -0.4 is 5.32 Å². The number of nitrogens with one attached hydrogen (secondary N) is 1. The van der Waals surface area contributed by atoms with Gasteiger partial charge in [0.15, 0.2) is 5.78 Å². The van der Waals surface area contributed by atoms with Crippen molar-refractivity contribution >= 4 is 27.4 Å². The summed E-state index contributed by atoms with van der Waals surface area (Å²) in [5.74, 6) is -0.642. The van der Waals surface area contributed by atoms with E-state index in [1.807, 2.05) is 18.2 Å². The smallest absolute Gasteiger partial charge is 0.255 e. The molecule has 1 heterocycles. The maximum Gasteiger partial charge on any atom is 0.255 e. The molecular weight excluding hydrogens is 450 g/mol. The topological polar surface area (TPSA) is 86.8 Å². The summed E-state index contributed by atoms with van der Waals surface area (Å²) in [6.07, 6.45) is 0. The van der Waals surface area contributed by atoms with E-state index in [1.54, 1.807) is 36.4 Å². The fraction of sp³-hybridized carbons (Fsp3) is 0.231. The Morgan fingerprint density at radius 3 is 2.24 bits per heavy atom. The van der Waals surface area contributed by atoms with Gasteiger partial charge in [-0.2, -0.15) is 4.31 Å². The van der Waals surface area contributed by atoms with Crippen molar-refractivity contribution in [1.82, 2.24) is 9.21 Å². The van der Waals surface area contributed by atoms with Crippen LogP contribution in [0.5, 0.6) is 0 Å². The van der Waals surface area contributed by atoms with E-state index < -0.39 is 15.9 Å². The SMILES string of the molecule is CC(=O)c1ccccc1NC(=O)c1cccc(S(=O)(=O)N2CCN(Cc3ccccc3)CC2)c1. The molecule has 3 aromatic rings. The third kappa shape index (κ3) is 5.41. The molecule has 3 aromatic carbocycles. The minimum absolute atomic E-state index is 0.0801. The molecule has 34 heavy (non-hydrogen) atoms. The average molecular weight is 478 g/mol. The molecule has 7 nitrogen and oxygen atoms in total. The monoisotopic (exact) mass is 477 g/mol. The van der Waals surface area contributed by atoms with E-state index in [9.17, 15) is 18.0 Å². The molecule has 4 rings (SSSR count). The molecule has 0 unspecified atom stereocenters. The quantitative estimate of drug-likeness (QED) is 0.525. The molecule has 0 aliphatic carbocycles. The lowest BCUT2D eigenvalue weighted by Crippen LogP contribution is -2.48. The first-order chi connectivity index (χ1) is 16.3. The fourth-order valence-electron chi connectivity index (χ4n) is 4.01. The van der Waals surface area contributed by atoms with E-state index in [1.165, 1.54) is 28.9 Å². The van der Waals surface area contributed by atoms with Gasteiger partial charge in [-0.1, -0.05) is 48.5 Å². The summed E-state index contributed by atoms with van der Waals surface area (Å²) in [5.41, 5.74) is 2.20. The predicted molar refractivity (Wildman–Crippen MR) is 131 cm³/mol. The number of Topliss-reactive ketones (excluding diaryl/α,β-unsaturated/α-hetero) is 1. The van der Waals surface area contributed by atoms with E-state index in [4.69, 9.17) is 0 Å². The van der Waals surface area contributed by atoms with Crippen LogP contribution in [0, 0.1) is 0 Å². The molecule has 1 fully saturated rings. The Kier molecular flexibility index (Phi) is 7.21. The second kappa shape index (κ2) is 10.3. The minimum Gasteiger partial charge on any atom is -0.321 e. The first-order valence-corrected chi connectivity index (χ1v) is 12.6. The Morgan fingerprint density at radius 2 is 1.53 bits per heavy atom. The van der Waals surface area contributed by atoms with Crippen molar-refractivity contribution in [3.05, 3.63) is 95.6 Å². The Balaban J connectivity index is 1.45. The third-order valence-corrected chi connectivity index (χ3v) is 7.76. The number of carbonyl (C=O) groups is 2. The van der Waals surface area contributed by atoms with E-state index in [-0.39, 0.29) is 16.2 Å². The zero-order chi connectivity index (χ0) is 24.1. The van der Waals surface area contributed by atoms with Gasteiger partial charge in [0.2, 0.25) is 10.0 Å². The van der Waals surface area contributed by atoms with Crippen molar-refractivity contribution in [2.24, 2.45) is 0 Å². The number of ketones is 1.